The van der Waals surface area contributed by atoms with E-state index in [-0.39, 0.29) is 6.42 Å². The van der Waals surface area contributed by atoms with Crippen molar-refractivity contribution in [3.8, 4) is 5.69 Å². The lowest BCUT2D eigenvalue weighted by Crippen LogP contribution is -2.32. The van der Waals surface area contributed by atoms with Crippen molar-refractivity contribution in [2.24, 2.45) is 5.73 Å². The Morgan fingerprint density at radius 3 is 2.60 bits per heavy atom. The number of hydrogen-bond donors (Lipinski definition) is 2. The van der Waals surface area contributed by atoms with Crippen LogP contribution >= 0.6 is 31.9 Å². The highest BCUT2D eigenvalue weighted by atomic mass is 79.9. The smallest absolute Gasteiger partial charge is 0.320 e. The van der Waals surface area contributed by atoms with Crippen molar-refractivity contribution >= 4 is 37.8 Å². The molecule has 0 bridgehead atoms. The number of benzene rings is 1. The molecule has 1 aromatic heterocycles. The van der Waals surface area contributed by atoms with Crippen LogP contribution in [0.2, 0.25) is 0 Å². The van der Waals surface area contributed by atoms with Gasteiger partial charge in [-0.1, -0.05) is 5.21 Å². The molecule has 1 unspecified atom stereocenters. The summed E-state index contributed by atoms with van der Waals surface area (Å²) < 4.78 is 3.31. The van der Waals surface area contributed by atoms with Gasteiger partial charge in [0.25, 0.3) is 0 Å². The molecule has 0 aliphatic heterocycles. The predicted octanol–water partition coefficient (Wildman–Crippen LogP) is 2.06. The van der Waals surface area contributed by atoms with Crippen molar-refractivity contribution in [1.82, 2.24) is 15.0 Å². The quantitative estimate of drug-likeness (QED) is 0.814. The van der Waals surface area contributed by atoms with Crippen molar-refractivity contribution in [2.45, 2.75) is 19.4 Å². The maximum absolute atomic E-state index is 10.7. The van der Waals surface area contributed by atoms with Gasteiger partial charge in [0.1, 0.15) is 6.04 Å². The fourth-order valence-corrected chi connectivity index (χ4v) is 3.50. The standard InChI is InChI=1S/C12H12Br2N4O2/c1-6-2-8(13)11(9(14)3-6)18-5-7(16-17-18)4-10(15)12(19)20/h2-3,5,10H,4,15H2,1H3,(H,19,20). The van der Waals surface area contributed by atoms with E-state index in [0.29, 0.717) is 5.69 Å². The Morgan fingerprint density at radius 1 is 1.45 bits per heavy atom. The van der Waals surface area contributed by atoms with Crippen LogP contribution in [0.15, 0.2) is 27.3 Å². The third-order valence-electron chi connectivity index (χ3n) is 2.68. The largest absolute Gasteiger partial charge is 0.480 e. The number of carboxylic acid groups (broad SMARTS) is 1. The van der Waals surface area contributed by atoms with Crippen LogP contribution in [-0.4, -0.2) is 32.1 Å². The molecule has 0 spiro atoms. The predicted molar refractivity (Wildman–Crippen MR) is 80.8 cm³/mol. The van der Waals surface area contributed by atoms with Gasteiger partial charge in [-0.2, -0.15) is 0 Å². The van der Waals surface area contributed by atoms with Gasteiger partial charge in [0.05, 0.1) is 17.6 Å². The second-order valence-electron chi connectivity index (χ2n) is 4.38. The highest BCUT2D eigenvalue weighted by molar-refractivity contribution is 9.11. The minimum atomic E-state index is -1.06. The van der Waals surface area contributed by atoms with E-state index in [1.807, 2.05) is 19.1 Å². The molecule has 0 amide bonds. The molecule has 20 heavy (non-hydrogen) atoms. The molecule has 0 aliphatic rings. The van der Waals surface area contributed by atoms with Gasteiger partial charge in [0, 0.05) is 15.4 Å². The third kappa shape index (κ3) is 3.25. The molecular weight excluding hydrogens is 392 g/mol. The monoisotopic (exact) mass is 402 g/mol. The van der Waals surface area contributed by atoms with E-state index < -0.39 is 12.0 Å². The zero-order chi connectivity index (χ0) is 14.9. The van der Waals surface area contributed by atoms with Crippen LogP contribution < -0.4 is 5.73 Å². The van der Waals surface area contributed by atoms with Gasteiger partial charge in [0.2, 0.25) is 0 Å². The third-order valence-corrected chi connectivity index (χ3v) is 3.89. The van der Waals surface area contributed by atoms with E-state index in [4.69, 9.17) is 10.8 Å². The van der Waals surface area contributed by atoms with E-state index in [1.165, 1.54) is 0 Å². The number of aromatic nitrogens is 3. The van der Waals surface area contributed by atoms with Crippen LogP contribution in [0.3, 0.4) is 0 Å². The number of carboxylic acids is 1. The summed E-state index contributed by atoms with van der Waals surface area (Å²) in [5, 5.41) is 16.7. The molecule has 2 rings (SSSR count). The summed E-state index contributed by atoms with van der Waals surface area (Å²) in [5.41, 5.74) is 7.91. The van der Waals surface area contributed by atoms with E-state index in [0.717, 1.165) is 20.2 Å². The summed E-state index contributed by atoms with van der Waals surface area (Å²) in [5.74, 6) is -1.06. The Labute approximate surface area is 132 Å². The molecule has 106 valence electrons. The van der Waals surface area contributed by atoms with Gasteiger partial charge < -0.3 is 10.8 Å². The Hall–Kier alpha value is -1.25. The average Bonchev–Trinajstić information content (AvgIpc) is 2.75. The number of rotatable bonds is 4. The van der Waals surface area contributed by atoms with Crippen molar-refractivity contribution in [2.75, 3.05) is 0 Å². The molecule has 1 heterocycles. The fourth-order valence-electron chi connectivity index (χ4n) is 1.72. The first-order chi connectivity index (χ1) is 9.38. The first-order valence-corrected chi connectivity index (χ1v) is 7.32. The van der Waals surface area contributed by atoms with Crippen LogP contribution in [0.4, 0.5) is 0 Å². The maximum Gasteiger partial charge on any atom is 0.320 e. The molecule has 0 saturated carbocycles. The van der Waals surface area contributed by atoms with E-state index in [1.54, 1.807) is 10.9 Å². The lowest BCUT2D eigenvalue weighted by Gasteiger charge is -2.07. The Bertz CT molecular complexity index is 634. The summed E-state index contributed by atoms with van der Waals surface area (Å²) in [6.45, 7) is 1.98. The second-order valence-corrected chi connectivity index (χ2v) is 6.09. The topological polar surface area (TPSA) is 94.0 Å². The number of nitrogens with two attached hydrogens (primary N) is 1. The lowest BCUT2D eigenvalue weighted by molar-refractivity contribution is -0.138. The Kier molecular flexibility index (Phi) is 4.56. The number of carbonyl (C=O) groups is 1. The molecule has 0 radical (unpaired) electrons. The normalized spacial score (nSPS) is 12.4. The molecule has 1 aromatic carbocycles. The summed E-state index contributed by atoms with van der Waals surface area (Å²) in [4.78, 5) is 10.7. The van der Waals surface area contributed by atoms with Crippen LogP contribution in [0.5, 0.6) is 0 Å². The maximum atomic E-state index is 10.7. The van der Waals surface area contributed by atoms with E-state index >= 15 is 0 Å². The number of halogens is 2. The Balaban J connectivity index is 2.32. The summed E-state index contributed by atoms with van der Waals surface area (Å²) in [7, 11) is 0. The van der Waals surface area contributed by atoms with Crippen molar-refractivity contribution in [3.63, 3.8) is 0 Å². The molecule has 8 heteroatoms. The van der Waals surface area contributed by atoms with Crippen molar-refractivity contribution < 1.29 is 9.90 Å². The van der Waals surface area contributed by atoms with Gasteiger partial charge in [0.15, 0.2) is 0 Å². The van der Waals surface area contributed by atoms with Crippen LogP contribution in [0.25, 0.3) is 5.69 Å². The van der Waals surface area contributed by atoms with Gasteiger partial charge in [-0.25, -0.2) is 4.68 Å². The minimum absolute atomic E-state index is 0.135. The Morgan fingerprint density at radius 2 is 2.05 bits per heavy atom. The number of aliphatic carboxylic acids is 1. The first kappa shape index (κ1) is 15.1. The molecule has 0 aliphatic carbocycles. The zero-order valence-electron chi connectivity index (χ0n) is 10.5. The van der Waals surface area contributed by atoms with Gasteiger partial charge >= 0.3 is 5.97 Å². The summed E-state index contributed by atoms with van der Waals surface area (Å²) in [6.07, 6.45) is 1.80. The second kappa shape index (κ2) is 6.02. The fraction of sp³-hybridized carbons (Fsp3) is 0.250. The van der Waals surface area contributed by atoms with Crippen molar-refractivity contribution in [3.05, 3.63) is 38.5 Å². The van der Waals surface area contributed by atoms with Gasteiger partial charge in [-0.3, -0.25) is 4.79 Å². The molecular formula is C12H12Br2N4O2. The number of hydrogen-bond acceptors (Lipinski definition) is 4. The molecule has 0 saturated heterocycles. The summed E-state index contributed by atoms with van der Waals surface area (Å²) in [6, 6.07) is 2.94. The highest BCUT2D eigenvalue weighted by Crippen LogP contribution is 2.30. The zero-order valence-corrected chi connectivity index (χ0v) is 13.7. The van der Waals surface area contributed by atoms with Gasteiger partial charge in [-0.05, 0) is 56.5 Å². The van der Waals surface area contributed by atoms with Crippen LogP contribution in [0.1, 0.15) is 11.3 Å². The van der Waals surface area contributed by atoms with Crippen LogP contribution in [-0.2, 0) is 11.2 Å². The number of aryl methyl sites for hydroxylation is 1. The highest BCUT2D eigenvalue weighted by Gasteiger charge is 2.16. The van der Waals surface area contributed by atoms with E-state index in [9.17, 15) is 4.79 Å². The van der Waals surface area contributed by atoms with E-state index in [2.05, 4.69) is 42.2 Å². The molecule has 0 fully saturated rings. The molecule has 1 atom stereocenters. The average molecular weight is 404 g/mol. The van der Waals surface area contributed by atoms with Gasteiger partial charge in [-0.15, -0.1) is 5.10 Å². The van der Waals surface area contributed by atoms with Crippen LogP contribution in [0, 0.1) is 6.92 Å². The first-order valence-electron chi connectivity index (χ1n) is 5.74. The molecule has 3 N–H and O–H groups in total. The summed E-state index contributed by atoms with van der Waals surface area (Å²) >= 11 is 6.96. The SMILES string of the molecule is Cc1cc(Br)c(-n2cc(CC(N)C(=O)O)nn2)c(Br)c1. The molecule has 2 aromatic rings. The molecule has 6 nitrogen and oxygen atoms in total. The minimum Gasteiger partial charge on any atom is -0.480 e. The number of nitrogens with zero attached hydrogens (tertiary/aromatic N) is 3. The van der Waals surface area contributed by atoms with Crippen molar-refractivity contribution in [1.29, 1.82) is 0 Å². The lowest BCUT2D eigenvalue weighted by atomic mass is 10.2.